The molecule has 0 saturated carbocycles. The van der Waals surface area contributed by atoms with Crippen LogP contribution in [0.1, 0.15) is 11.6 Å². The van der Waals surface area contributed by atoms with Gasteiger partial charge in [-0.1, -0.05) is 11.6 Å². The van der Waals surface area contributed by atoms with Gasteiger partial charge in [-0.25, -0.2) is 0 Å². The molecule has 1 atom stereocenters. The molecule has 0 fully saturated rings. The van der Waals surface area contributed by atoms with Crippen molar-refractivity contribution in [3.63, 3.8) is 0 Å². The van der Waals surface area contributed by atoms with Crippen LogP contribution in [0.3, 0.4) is 0 Å². The zero-order valence-electron chi connectivity index (χ0n) is 7.96. The van der Waals surface area contributed by atoms with Crippen LogP contribution in [0, 0.1) is 0 Å². The lowest BCUT2D eigenvalue weighted by Crippen LogP contribution is -2.18. The van der Waals surface area contributed by atoms with Crippen LogP contribution < -0.4 is 10.5 Å². The fourth-order valence-corrected chi connectivity index (χ4v) is 1.36. The summed E-state index contributed by atoms with van der Waals surface area (Å²) in [6.45, 7) is -0.421. The van der Waals surface area contributed by atoms with E-state index < -0.39 is 24.8 Å². The first kappa shape index (κ1) is 13.1. The fraction of sp³-hybridized carbons (Fsp3) is 0.333. The maximum Gasteiger partial charge on any atom is 0.573 e. The Labute approximate surface area is 94.6 Å². The lowest BCUT2D eigenvalue weighted by atomic mass is 10.1. The zero-order chi connectivity index (χ0) is 12.3. The van der Waals surface area contributed by atoms with Crippen molar-refractivity contribution in [3.8, 4) is 5.75 Å². The quantitative estimate of drug-likeness (QED) is 0.871. The summed E-state index contributed by atoms with van der Waals surface area (Å²) in [4.78, 5) is 0. The highest BCUT2D eigenvalue weighted by Gasteiger charge is 2.31. The molecule has 16 heavy (non-hydrogen) atoms. The van der Waals surface area contributed by atoms with Gasteiger partial charge in [0, 0.05) is 5.02 Å². The van der Waals surface area contributed by atoms with Gasteiger partial charge >= 0.3 is 6.36 Å². The normalized spacial score (nSPS) is 13.6. The van der Waals surface area contributed by atoms with Gasteiger partial charge in [0.25, 0.3) is 0 Å². The third-order valence-electron chi connectivity index (χ3n) is 1.80. The van der Waals surface area contributed by atoms with E-state index in [1.54, 1.807) is 0 Å². The van der Waals surface area contributed by atoms with E-state index in [0.29, 0.717) is 0 Å². The van der Waals surface area contributed by atoms with E-state index in [-0.39, 0.29) is 10.6 Å². The molecule has 0 saturated heterocycles. The van der Waals surface area contributed by atoms with Crippen molar-refractivity contribution in [1.82, 2.24) is 0 Å². The van der Waals surface area contributed by atoms with Gasteiger partial charge in [0.1, 0.15) is 5.75 Å². The molecule has 90 valence electrons. The van der Waals surface area contributed by atoms with Crippen LogP contribution in [0.25, 0.3) is 0 Å². The van der Waals surface area contributed by atoms with E-state index in [9.17, 15) is 13.2 Å². The molecule has 0 aliphatic carbocycles. The van der Waals surface area contributed by atoms with Crippen molar-refractivity contribution >= 4 is 11.6 Å². The Morgan fingerprint density at radius 1 is 1.44 bits per heavy atom. The number of hydrogen-bond acceptors (Lipinski definition) is 3. The Balaban J connectivity index is 2.98. The van der Waals surface area contributed by atoms with Crippen molar-refractivity contribution in [2.75, 3.05) is 6.61 Å². The average Bonchev–Trinajstić information content (AvgIpc) is 2.18. The number of aliphatic hydroxyl groups is 1. The first-order valence-electron chi connectivity index (χ1n) is 4.25. The molecule has 1 aromatic carbocycles. The van der Waals surface area contributed by atoms with Crippen molar-refractivity contribution in [3.05, 3.63) is 28.8 Å². The predicted molar refractivity (Wildman–Crippen MR) is 52.1 cm³/mol. The molecule has 0 aliphatic heterocycles. The second-order valence-electron chi connectivity index (χ2n) is 3.02. The van der Waals surface area contributed by atoms with Gasteiger partial charge in [0.15, 0.2) is 0 Å². The Morgan fingerprint density at radius 3 is 2.56 bits per heavy atom. The summed E-state index contributed by atoms with van der Waals surface area (Å²) in [5.74, 6) is -0.421. The summed E-state index contributed by atoms with van der Waals surface area (Å²) in [5.41, 5.74) is 5.66. The van der Waals surface area contributed by atoms with Gasteiger partial charge in [0.05, 0.1) is 12.6 Å². The summed E-state index contributed by atoms with van der Waals surface area (Å²) >= 11 is 5.71. The molecule has 0 aromatic heterocycles. The zero-order valence-corrected chi connectivity index (χ0v) is 8.72. The van der Waals surface area contributed by atoms with Gasteiger partial charge in [-0.15, -0.1) is 13.2 Å². The number of rotatable bonds is 3. The summed E-state index contributed by atoms with van der Waals surface area (Å²) in [6.07, 6.45) is -4.77. The third-order valence-corrected chi connectivity index (χ3v) is 2.14. The number of aliphatic hydroxyl groups excluding tert-OH is 1. The summed E-state index contributed by atoms with van der Waals surface area (Å²) in [5, 5.41) is 8.97. The molecule has 0 radical (unpaired) electrons. The second kappa shape index (κ2) is 4.90. The highest BCUT2D eigenvalue weighted by molar-refractivity contribution is 6.31. The van der Waals surface area contributed by atoms with Crippen LogP contribution in [0.15, 0.2) is 18.2 Å². The molecule has 1 aromatic rings. The maximum atomic E-state index is 11.9. The molecule has 3 nitrogen and oxygen atoms in total. The van der Waals surface area contributed by atoms with Crippen LogP contribution in [-0.2, 0) is 0 Å². The van der Waals surface area contributed by atoms with Crippen molar-refractivity contribution < 1.29 is 23.0 Å². The largest absolute Gasteiger partial charge is 0.573 e. The minimum atomic E-state index is -4.77. The highest BCUT2D eigenvalue weighted by Crippen LogP contribution is 2.29. The molecule has 0 spiro atoms. The molecule has 7 heteroatoms. The first-order chi connectivity index (χ1) is 7.33. The number of hydrogen-bond donors (Lipinski definition) is 2. The van der Waals surface area contributed by atoms with Gasteiger partial charge in [0.2, 0.25) is 0 Å². The molecule has 1 rings (SSSR count). The third kappa shape index (κ3) is 3.55. The van der Waals surface area contributed by atoms with Crippen LogP contribution >= 0.6 is 11.6 Å². The molecule has 0 heterocycles. The maximum absolute atomic E-state index is 11.9. The molecular formula is C9H9ClF3NO2. The Bertz CT molecular complexity index is 370. The standard InChI is InChI=1S/C9H9ClF3NO2/c10-7-2-1-5(16-9(11,12)13)3-6(7)8(14)4-15/h1-3,8,15H,4,14H2/t8-/m1/s1. The Hall–Kier alpha value is -0.980. The Kier molecular flexibility index (Phi) is 4.01. The SMILES string of the molecule is N[C@H](CO)c1cc(OC(F)(F)F)ccc1Cl. The van der Waals surface area contributed by atoms with E-state index in [4.69, 9.17) is 22.4 Å². The van der Waals surface area contributed by atoms with Gasteiger partial charge in [-0.2, -0.15) is 0 Å². The van der Waals surface area contributed by atoms with E-state index in [1.165, 1.54) is 6.07 Å². The Morgan fingerprint density at radius 2 is 2.06 bits per heavy atom. The van der Waals surface area contributed by atoms with Crippen LogP contribution in [0.4, 0.5) is 13.2 Å². The smallest absolute Gasteiger partial charge is 0.406 e. The average molecular weight is 256 g/mol. The topological polar surface area (TPSA) is 55.5 Å². The molecule has 0 amide bonds. The molecule has 3 N–H and O–H groups in total. The summed E-state index contributed by atoms with van der Waals surface area (Å²) in [6, 6.07) is 2.51. The van der Waals surface area contributed by atoms with Crippen LogP contribution in [0.5, 0.6) is 5.75 Å². The summed E-state index contributed by atoms with van der Waals surface area (Å²) < 4.78 is 39.5. The number of ether oxygens (including phenoxy) is 1. The van der Waals surface area contributed by atoms with Crippen LogP contribution in [0.2, 0.25) is 5.02 Å². The van der Waals surface area contributed by atoms with E-state index in [2.05, 4.69) is 4.74 Å². The fourth-order valence-electron chi connectivity index (χ4n) is 1.10. The lowest BCUT2D eigenvalue weighted by Gasteiger charge is -2.14. The van der Waals surface area contributed by atoms with Gasteiger partial charge < -0.3 is 15.6 Å². The monoisotopic (exact) mass is 255 g/mol. The van der Waals surface area contributed by atoms with Gasteiger partial charge in [-0.05, 0) is 23.8 Å². The van der Waals surface area contributed by atoms with Crippen molar-refractivity contribution in [2.24, 2.45) is 5.73 Å². The number of alkyl halides is 3. The van der Waals surface area contributed by atoms with E-state index >= 15 is 0 Å². The number of halogens is 4. The highest BCUT2D eigenvalue weighted by atomic mass is 35.5. The molecule has 0 bridgehead atoms. The van der Waals surface area contributed by atoms with Crippen molar-refractivity contribution in [1.29, 1.82) is 0 Å². The predicted octanol–water partition coefficient (Wildman–Crippen LogP) is 2.23. The molecule has 0 aliphatic rings. The van der Waals surface area contributed by atoms with Crippen molar-refractivity contribution in [2.45, 2.75) is 12.4 Å². The molecule has 0 unspecified atom stereocenters. The molecular weight excluding hydrogens is 247 g/mol. The van der Waals surface area contributed by atoms with Gasteiger partial charge in [-0.3, -0.25) is 0 Å². The lowest BCUT2D eigenvalue weighted by molar-refractivity contribution is -0.274. The van der Waals surface area contributed by atoms with E-state index in [1.807, 2.05) is 0 Å². The second-order valence-corrected chi connectivity index (χ2v) is 3.43. The first-order valence-corrected chi connectivity index (χ1v) is 4.63. The summed E-state index contributed by atoms with van der Waals surface area (Å²) in [7, 11) is 0. The number of nitrogens with two attached hydrogens (primary N) is 1. The minimum absolute atomic E-state index is 0.177. The van der Waals surface area contributed by atoms with E-state index in [0.717, 1.165) is 12.1 Å². The number of benzene rings is 1. The van der Waals surface area contributed by atoms with Crippen LogP contribution in [-0.4, -0.2) is 18.1 Å². The minimum Gasteiger partial charge on any atom is -0.406 e.